The molecule has 0 atom stereocenters. The standard InChI is InChI=1S/C10H8F2N2O2/c11-9(12)10(15)14-7-2-1-3-8(6-7)16-5-4-13/h1-3,6,9H,5H2,(H,14,15). The lowest BCUT2D eigenvalue weighted by Gasteiger charge is -2.06. The van der Waals surface area contributed by atoms with Gasteiger partial charge in [-0.3, -0.25) is 4.79 Å². The molecule has 0 radical (unpaired) electrons. The molecule has 1 rings (SSSR count). The van der Waals surface area contributed by atoms with Gasteiger partial charge in [-0.15, -0.1) is 0 Å². The van der Waals surface area contributed by atoms with Crippen LogP contribution in [0.2, 0.25) is 0 Å². The van der Waals surface area contributed by atoms with Gasteiger partial charge in [-0.05, 0) is 12.1 Å². The lowest BCUT2D eigenvalue weighted by Crippen LogP contribution is -2.19. The molecule has 0 heterocycles. The van der Waals surface area contributed by atoms with E-state index in [1.807, 2.05) is 5.32 Å². The van der Waals surface area contributed by atoms with Gasteiger partial charge in [-0.25, -0.2) is 0 Å². The van der Waals surface area contributed by atoms with Crippen LogP contribution in [0.25, 0.3) is 0 Å². The van der Waals surface area contributed by atoms with Crippen molar-refractivity contribution in [1.29, 1.82) is 5.26 Å². The Morgan fingerprint density at radius 1 is 1.56 bits per heavy atom. The Morgan fingerprint density at radius 3 is 2.94 bits per heavy atom. The average molecular weight is 226 g/mol. The van der Waals surface area contributed by atoms with E-state index < -0.39 is 12.3 Å². The molecule has 0 bridgehead atoms. The largest absolute Gasteiger partial charge is 0.479 e. The first-order valence-corrected chi connectivity index (χ1v) is 4.32. The fourth-order valence-electron chi connectivity index (χ4n) is 0.976. The lowest BCUT2D eigenvalue weighted by molar-refractivity contribution is -0.126. The zero-order chi connectivity index (χ0) is 12.0. The van der Waals surface area contributed by atoms with Gasteiger partial charge in [0.15, 0.2) is 6.61 Å². The summed E-state index contributed by atoms with van der Waals surface area (Å²) in [6.45, 7) is -0.147. The monoisotopic (exact) mass is 226 g/mol. The molecule has 0 saturated carbocycles. The van der Waals surface area contributed by atoms with E-state index in [1.165, 1.54) is 18.2 Å². The second kappa shape index (κ2) is 5.66. The quantitative estimate of drug-likeness (QED) is 0.851. The molecule has 0 fully saturated rings. The number of nitriles is 1. The number of halogens is 2. The fraction of sp³-hybridized carbons (Fsp3) is 0.200. The van der Waals surface area contributed by atoms with Gasteiger partial charge in [-0.2, -0.15) is 14.0 Å². The second-order valence-electron chi connectivity index (χ2n) is 2.76. The molecular formula is C10H8F2N2O2. The number of hydrogen-bond acceptors (Lipinski definition) is 3. The van der Waals surface area contributed by atoms with Crippen molar-refractivity contribution in [3.8, 4) is 11.8 Å². The van der Waals surface area contributed by atoms with Crippen molar-refractivity contribution < 1.29 is 18.3 Å². The highest BCUT2D eigenvalue weighted by Crippen LogP contribution is 2.17. The molecule has 4 nitrogen and oxygen atoms in total. The van der Waals surface area contributed by atoms with Gasteiger partial charge in [0, 0.05) is 11.8 Å². The number of ether oxygens (including phenoxy) is 1. The third-order valence-corrected chi connectivity index (χ3v) is 1.60. The summed E-state index contributed by atoms with van der Waals surface area (Å²) in [5.74, 6) is -1.05. The Labute approximate surface area is 90.4 Å². The van der Waals surface area contributed by atoms with E-state index in [9.17, 15) is 13.6 Å². The molecule has 0 unspecified atom stereocenters. The molecule has 6 heteroatoms. The third-order valence-electron chi connectivity index (χ3n) is 1.60. The zero-order valence-electron chi connectivity index (χ0n) is 8.11. The van der Waals surface area contributed by atoms with E-state index in [1.54, 1.807) is 12.1 Å². The van der Waals surface area contributed by atoms with Gasteiger partial charge < -0.3 is 10.1 Å². The van der Waals surface area contributed by atoms with Crippen LogP contribution in [-0.4, -0.2) is 18.9 Å². The van der Waals surface area contributed by atoms with E-state index in [0.29, 0.717) is 5.75 Å². The minimum atomic E-state index is -3.07. The Bertz CT molecular complexity index is 416. The number of amides is 1. The summed E-state index contributed by atoms with van der Waals surface area (Å²) < 4.78 is 28.8. The van der Waals surface area contributed by atoms with E-state index in [0.717, 1.165) is 0 Å². The summed E-state index contributed by atoms with van der Waals surface area (Å²) in [6.07, 6.45) is -3.07. The van der Waals surface area contributed by atoms with Gasteiger partial charge >= 0.3 is 6.43 Å². The number of hydrogen-bond donors (Lipinski definition) is 1. The molecule has 1 N–H and O–H groups in total. The van der Waals surface area contributed by atoms with Crippen LogP contribution in [0.15, 0.2) is 24.3 Å². The normalized spacial score (nSPS) is 9.62. The maximum atomic E-state index is 11.9. The van der Waals surface area contributed by atoms with Crippen molar-refractivity contribution in [3.05, 3.63) is 24.3 Å². The predicted molar refractivity (Wildman–Crippen MR) is 52.2 cm³/mol. The van der Waals surface area contributed by atoms with E-state index in [2.05, 4.69) is 0 Å². The van der Waals surface area contributed by atoms with Crippen molar-refractivity contribution in [2.24, 2.45) is 0 Å². The first-order chi connectivity index (χ1) is 7.63. The molecule has 0 aliphatic heterocycles. The highest BCUT2D eigenvalue weighted by atomic mass is 19.3. The SMILES string of the molecule is N#CCOc1cccc(NC(=O)C(F)F)c1. The fourth-order valence-corrected chi connectivity index (χ4v) is 0.976. The Kier molecular flexibility index (Phi) is 4.21. The Hall–Kier alpha value is -2.16. The number of nitrogens with one attached hydrogen (secondary N) is 1. The van der Waals surface area contributed by atoms with Gasteiger partial charge in [0.1, 0.15) is 11.8 Å². The molecule has 0 aliphatic carbocycles. The average Bonchev–Trinajstić information content (AvgIpc) is 2.26. The van der Waals surface area contributed by atoms with Crippen molar-refractivity contribution in [1.82, 2.24) is 0 Å². The molecule has 1 aromatic carbocycles. The zero-order valence-corrected chi connectivity index (χ0v) is 8.11. The molecular weight excluding hydrogens is 218 g/mol. The summed E-state index contributed by atoms with van der Waals surface area (Å²) in [6, 6.07) is 7.64. The minimum Gasteiger partial charge on any atom is -0.479 e. The van der Waals surface area contributed by atoms with E-state index in [-0.39, 0.29) is 12.3 Å². The van der Waals surface area contributed by atoms with Crippen LogP contribution in [-0.2, 0) is 4.79 Å². The van der Waals surface area contributed by atoms with Crippen LogP contribution in [0.3, 0.4) is 0 Å². The number of carbonyl (C=O) groups excluding carboxylic acids is 1. The van der Waals surface area contributed by atoms with Crippen molar-refractivity contribution in [2.75, 3.05) is 11.9 Å². The molecule has 0 aromatic heterocycles. The van der Waals surface area contributed by atoms with Crippen molar-refractivity contribution in [3.63, 3.8) is 0 Å². The molecule has 1 aromatic rings. The van der Waals surface area contributed by atoms with E-state index >= 15 is 0 Å². The maximum absolute atomic E-state index is 11.9. The molecule has 0 spiro atoms. The van der Waals surface area contributed by atoms with Crippen molar-refractivity contribution in [2.45, 2.75) is 6.43 Å². The molecule has 84 valence electrons. The van der Waals surface area contributed by atoms with Crippen LogP contribution in [0, 0.1) is 11.3 Å². The van der Waals surface area contributed by atoms with E-state index in [4.69, 9.17) is 10.00 Å². The number of alkyl halides is 2. The summed E-state index contributed by atoms with van der Waals surface area (Å²) in [5, 5.41) is 10.3. The third kappa shape index (κ3) is 3.53. The number of carbonyl (C=O) groups is 1. The molecule has 16 heavy (non-hydrogen) atoms. The van der Waals surface area contributed by atoms with Crippen LogP contribution in [0.4, 0.5) is 14.5 Å². The second-order valence-corrected chi connectivity index (χ2v) is 2.76. The lowest BCUT2D eigenvalue weighted by atomic mass is 10.3. The van der Waals surface area contributed by atoms with Crippen LogP contribution in [0.5, 0.6) is 5.75 Å². The summed E-state index contributed by atoms with van der Waals surface area (Å²) in [5.41, 5.74) is 0.195. The summed E-state index contributed by atoms with van der Waals surface area (Å²) in [7, 11) is 0. The van der Waals surface area contributed by atoms with Crippen LogP contribution in [0.1, 0.15) is 0 Å². The number of nitrogens with zero attached hydrogens (tertiary/aromatic N) is 1. The highest BCUT2D eigenvalue weighted by Gasteiger charge is 2.14. The Morgan fingerprint density at radius 2 is 2.31 bits per heavy atom. The number of benzene rings is 1. The Balaban J connectivity index is 2.68. The smallest absolute Gasteiger partial charge is 0.315 e. The van der Waals surface area contributed by atoms with Gasteiger partial charge in [0.25, 0.3) is 5.91 Å². The molecule has 0 aliphatic rings. The number of rotatable bonds is 4. The van der Waals surface area contributed by atoms with Gasteiger partial charge in [0.2, 0.25) is 0 Å². The molecule has 1 amide bonds. The van der Waals surface area contributed by atoms with Gasteiger partial charge in [0.05, 0.1) is 0 Å². The van der Waals surface area contributed by atoms with Crippen LogP contribution >= 0.6 is 0 Å². The summed E-state index contributed by atoms with van der Waals surface area (Å²) >= 11 is 0. The maximum Gasteiger partial charge on any atom is 0.315 e. The topological polar surface area (TPSA) is 62.1 Å². The minimum absolute atomic E-state index is 0.147. The number of anilines is 1. The predicted octanol–water partition coefficient (Wildman–Crippen LogP) is 1.79. The summed E-state index contributed by atoms with van der Waals surface area (Å²) in [4.78, 5) is 10.7. The first kappa shape index (κ1) is 11.9. The van der Waals surface area contributed by atoms with Crippen LogP contribution < -0.4 is 10.1 Å². The highest BCUT2D eigenvalue weighted by molar-refractivity contribution is 5.93. The van der Waals surface area contributed by atoms with Crippen molar-refractivity contribution >= 4 is 11.6 Å². The molecule has 0 saturated heterocycles. The van der Waals surface area contributed by atoms with Gasteiger partial charge in [-0.1, -0.05) is 6.07 Å². The first-order valence-electron chi connectivity index (χ1n) is 4.32.